The maximum atomic E-state index is 11.3. The number of aliphatic carboxylic acids is 1. The SMILES string of the molecule is CCCCCCCCCCCCCCCCC1=NCC[N+]1(CCCCO)CC(=O)[O-]. The summed E-state index contributed by atoms with van der Waals surface area (Å²) in [6.07, 6.45) is 21.3. The van der Waals surface area contributed by atoms with Gasteiger partial charge >= 0.3 is 0 Å². The third-order valence-corrected chi connectivity index (χ3v) is 6.55. The molecule has 0 aliphatic carbocycles. The number of carbonyl (C=O) groups is 1. The molecule has 0 aromatic carbocycles. The Balaban J connectivity index is 2.08. The van der Waals surface area contributed by atoms with Gasteiger partial charge in [-0.2, -0.15) is 0 Å². The molecule has 0 amide bonds. The minimum Gasteiger partial charge on any atom is -0.544 e. The van der Waals surface area contributed by atoms with Crippen molar-refractivity contribution in [1.29, 1.82) is 0 Å². The number of aliphatic imine (C=N–C) groups is 1. The highest BCUT2D eigenvalue weighted by molar-refractivity contribution is 5.79. The molecule has 0 fully saturated rings. The molecule has 0 saturated heterocycles. The molecule has 5 heteroatoms. The Morgan fingerprint density at radius 2 is 1.40 bits per heavy atom. The molecule has 1 aliphatic heterocycles. The first-order valence-electron chi connectivity index (χ1n) is 12.9. The second kappa shape index (κ2) is 17.7. The van der Waals surface area contributed by atoms with Gasteiger partial charge in [-0.05, 0) is 19.3 Å². The van der Waals surface area contributed by atoms with E-state index in [1.165, 1.54) is 83.5 Å². The van der Waals surface area contributed by atoms with Crippen LogP contribution in [-0.4, -0.2) is 54.2 Å². The summed E-state index contributed by atoms with van der Waals surface area (Å²) in [5, 5.41) is 20.4. The standard InChI is InChI=1S/C25H48N2O3/c1-2-3-4-5-6-7-8-9-10-11-12-13-14-15-18-24-26-19-21-27(24,23-25(29)30)20-16-17-22-28/h28H,2-23H2,1H3. The Labute approximate surface area is 185 Å². The van der Waals surface area contributed by atoms with Gasteiger partial charge in [-0.25, -0.2) is 4.99 Å². The Bertz CT molecular complexity index is 467. The minimum absolute atomic E-state index is 0.0306. The first-order chi connectivity index (χ1) is 14.6. The molecule has 1 N–H and O–H groups in total. The highest BCUT2D eigenvalue weighted by Gasteiger charge is 2.37. The molecular weight excluding hydrogens is 376 g/mol. The number of rotatable bonds is 21. The van der Waals surface area contributed by atoms with Crippen LogP contribution in [0, 0.1) is 0 Å². The van der Waals surface area contributed by atoms with E-state index in [2.05, 4.69) is 11.9 Å². The van der Waals surface area contributed by atoms with E-state index in [1.807, 2.05) is 0 Å². The predicted octanol–water partition coefficient (Wildman–Crippen LogP) is 4.61. The van der Waals surface area contributed by atoms with Crippen molar-refractivity contribution in [2.24, 2.45) is 4.99 Å². The third kappa shape index (κ3) is 12.0. The molecule has 0 saturated carbocycles. The van der Waals surface area contributed by atoms with Crippen molar-refractivity contribution in [3.05, 3.63) is 0 Å². The molecule has 1 aliphatic rings. The zero-order chi connectivity index (χ0) is 21.9. The van der Waals surface area contributed by atoms with Gasteiger partial charge in [0.2, 0.25) is 0 Å². The number of carbonyl (C=O) groups excluding carboxylic acids is 1. The summed E-state index contributed by atoms with van der Waals surface area (Å²) in [5.41, 5.74) is 0. The molecule has 1 atom stereocenters. The Morgan fingerprint density at radius 1 is 0.867 bits per heavy atom. The fourth-order valence-electron chi connectivity index (χ4n) is 4.71. The molecule has 0 aromatic rings. The number of amidine groups is 1. The molecule has 30 heavy (non-hydrogen) atoms. The molecule has 176 valence electrons. The predicted molar refractivity (Wildman–Crippen MR) is 123 cm³/mol. The van der Waals surface area contributed by atoms with E-state index in [4.69, 9.17) is 5.11 Å². The van der Waals surface area contributed by atoms with E-state index in [-0.39, 0.29) is 13.2 Å². The van der Waals surface area contributed by atoms with E-state index >= 15 is 0 Å². The summed E-state index contributed by atoms with van der Waals surface area (Å²) in [4.78, 5) is 16.0. The van der Waals surface area contributed by atoms with Gasteiger partial charge in [-0.15, -0.1) is 0 Å². The first kappa shape index (κ1) is 27.1. The molecule has 5 nitrogen and oxygen atoms in total. The summed E-state index contributed by atoms with van der Waals surface area (Å²) < 4.78 is 0.459. The van der Waals surface area contributed by atoms with Crippen molar-refractivity contribution in [2.45, 2.75) is 116 Å². The van der Waals surface area contributed by atoms with Crippen LogP contribution in [-0.2, 0) is 4.79 Å². The number of hydrogen-bond acceptors (Lipinski definition) is 4. The molecule has 1 rings (SSSR count). The number of quaternary nitrogens is 1. The second-order valence-electron chi connectivity index (χ2n) is 9.20. The van der Waals surface area contributed by atoms with E-state index in [0.717, 1.165) is 51.2 Å². The van der Waals surface area contributed by atoms with Gasteiger partial charge in [0.15, 0.2) is 5.84 Å². The Kier molecular flexibility index (Phi) is 16.0. The topological polar surface area (TPSA) is 72.7 Å². The first-order valence-corrected chi connectivity index (χ1v) is 12.9. The van der Waals surface area contributed by atoms with Crippen LogP contribution in [0.4, 0.5) is 0 Å². The molecule has 0 spiro atoms. The summed E-state index contributed by atoms with van der Waals surface area (Å²) in [6.45, 7) is 4.72. The van der Waals surface area contributed by atoms with Crippen LogP contribution < -0.4 is 5.11 Å². The van der Waals surface area contributed by atoms with E-state index in [0.29, 0.717) is 4.48 Å². The van der Waals surface area contributed by atoms with Gasteiger partial charge < -0.3 is 15.0 Å². The summed E-state index contributed by atoms with van der Waals surface area (Å²) in [5.74, 6) is 0.0608. The maximum absolute atomic E-state index is 11.3. The highest BCUT2D eigenvalue weighted by atomic mass is 16.4. The van der Waals surface area contributed by atoms with Gasteiger partial charge in [-0.1, -0.05) is 90.4 Å². The number of nitrogens with zero attached hydrogens (tertiary/aromatic N) is 2. The quantitative estimate of drug-likeness (QED) is 0.216. The Morgan fingerprint density at radius 3 is 1.90 bits per heavy atom. The lowest BCUT2D eigenvalue weighted by Gasteiger charge is -2.35. The average molecular weight is 425 g/mol. The molecular formula is C25H48N2O3. The number of unbranched alkanes of at least 4 members (excludes halogenated alkanes) is 14. The highest BCUT2D eigenvalue weighted by Crippen LogP contribution is 2.21. The molecule has 0 bridgehead atoms. The largest absolute Gasteiger partial charge is 0.544 e. The monoisotopic (exact) mass is 424 g/mol. The minimum atomic E-state index is -0.991. The summed E-state index contributed by atoms with van der Waals surface area (Å²) >= 11 is 0. The molecule has 0 radical (unpaired) electrons. The van der Waals surface area contributed by atoms with Gasteiger partial charge in [0.05, 0.1) is 19.1 Å². The maximum Gasteiger partial charge on any atom is 0.198 e. The summed E-state index contributed by atoms with van der Waals surface area (Å²) in [7, 11) is 0. The van der Waals surface area contributed by atoms with Crippen LogP contribution in [0.25, 0.3) is 0 Å². The van der Waals surface area contributed by atoms with Gasteiger partial charge in [-0.3, -0.25) is 4.48 Å². The third-order valence-electron chi connectivity index (χ3n) is 6.55. The van der Waals surface area contributed by atoms with E-state index in [1.54, 1.807) is 0 Å². The molecule has 0 aromatic heterocycles. The van der Waals surface area contributed by atoms with Crippen LogP contribution in [0.5, 0.6) is 0 Å². The van der Waals surface area contributed by atoms with Crippen molar-refractivity contribution in [3.63, 3.8) is 0 Å². The van der Waals surface area contributed by atoms with Crippen LogP contribution >= 0.6 is 0 Å². The molecule has 1 unspecified atom stereocenters. The summed E-state index contributed by atoms with van der Waals surface area (Å²) in [6, 6.07) is 0. The van der Waals surface area contributed by atoms with Crippen LogP contribution in [0.3, 0.4) is 0 Å². The lowest BCUT2D eigenvalue weighted by molar-refractivity contribution is -0.831. The van der Waals surface area contributed by atoms with Crippen molar-refractivity contribution < 1.29 is 19.5 Å². The molecule has 1 heterocycles. The van der Waals surface area contributed by atoms with Crippen molar-refractivity contribution in [3.8, 4) is 0 Å². The normalized spacial score (nSPS) is 18.7. The smallest absolute Gasteiger partial charge is 0.198 e. The number of carboxylic acids is 1. The fourth-order valence-corrected chi connectivity index (χ4v) is 4.71. The van der Waals surface area contributed by atoms with Crippen molar-refractivity contribution in [2.75, 3.05) is 32.8 Å². The Hall–Kier alpha value is -0.940. The fraction of sp³-hybridized carbons (Fsp3) is 0.920. The number of hydrogen-bond donors (Lipinski definition) is 1. The zero-order valence-corrected chi connectivity index (χ0v) is 19.7. The zero-order valence-electron chi connectivity index (χ0n) is 19.7. The van der Waals surface area contributed by atoms with Gasteiger partial charge in [0.25, 0.3) is 0 Å². The van der Waals surface area contributed by atoms with Crippen LogP contribution in [0.1, 0.15) is 116 Å². The lowest BCUT2D eigenvalue weighted by Crippen LogP contribution is -2.56. The van der Waals surface area contributed by atoms with Crippen molar-refractivity contribution in [1.82, 2.24) is 0 Å². The lowest BCUT2D eigenvalue weighted by atomic mass is 10.0. The van der Waals surface area contributed by atoms with Gasteiger partial charge in [0, 0.05) is 13.0 Å². The van der Waals surface area contributed by atoms with E-state index in [9.17, 15) is 9.90 Å². The number of carboxylic acid groups (broad SMARTS) is 1. The average Bonchev–Trinajstić information content (AvgIpc) is 3.10. The number of aliphatic hydroxyl groups is 1. The van der Waals surface area contributed by atoms with Gasteiger partial charge in [0.1, 0.15) is 13.1 Å². The van der Waals surface area contributed by atoms with Crippen molar-refractivity contribution >= 4 is 11.8 Å². The van der Waals surface area contributed by atoms with Crippen LogP contribution in [0.15, 0.2) is 4.99 Å². The van der Waals surface area contributed by atoms with E-state index < -0.39 is 5.97 Å². The second-order valence-corrected chi connectivity index (χ2v) is 9.20. The van der Waals surface area contributed by atoms with Crippen LogP contribution in [0.2, 0.25) is 0 Å². The number of aliphatic hydroxyl groups excluding tert-OH is 1.